The van der Waals surface area contributed by atoms with E-state index in [-0.39, 0.29) is 12.1 Å². The van der Waals surface area contributed by atoms with Gasteiger partial charge in [0.05, 0.1) is 6.10 Å². The van der Waals surface area contributed by atoms with E-state index in [1.165, 1.54) is 5.56 Å². The summed E-state index contributed by atoms with van der Waals surface area (Å²) in [5.41, 5.74) is 1.17. The van der Waals surface area contributed by atoms with E-state index in [1.807, 2.05) is 42.1 Å². The monoisotopic (exact) mass is 287 g/mol. The number of hydrogen-bond donors (Lipinski definition) is 2. The van der Waals surface area contributed by atoms with Crippen LogP contribution in [0.3, 0.4) is 0 Å². The van der Waals surface area contributed by atoms with Gasteiger partial charge in [0, 0.05) is 31.0 Å². The molecule has 0 aliphatic heterocycles. The van der Waals surface area contributed by atoms with Crippen molar-refractivity contribution in [3.63, 3.8) is 0 Å². The first kappa shape index (κ1) is 15.7. The van der Waals surface area contributed by atoms with Gasteiger partial charge in [-0.25, -0.2) is 0 Å². The van der Waals surface area contributed by atoms with E-state index in [0.717, 1.165) is 13.0 Å². The quantitative estimate of drug-likeness (QED) is 0.783. The minimum atomic E-state index is -0.375. The number of aliphatic hydroxyl groups is 1. The van der Waals surface area contributed by atoms with Gasteiger partial charge in [-0.05, 0) is 38.3 Å². The standard InChI is InChI=1S/C17H25N3O/c1-14(9-12-20-11-6-10-18-20)19-15(2)17(21)13-16-7-4-3-5-8-16/h3-8,10-11,14-15,17,19,21H,9,12-13H2,1-2H3. The second-order valence-corrected chi connectivity index (χ2v) is 5.67. The minimum absolute atomic E-state index is 0.0674. The number of aromatic nitrogens is 2. The lowest BCUT2D eigenvalue weighted by Gasteiger charge is -2.24. The maximum absolute atomic E-state index is 10.3. The molecule has 4 nitrogen and oxygen atoms in total. The molecular weight excluding hydrogens is 262 g/mol. The molecule has 0 amide bonds. The molecule has 0 aliphatic rings. The normalized spacial score (nSPS) is 15.6. The summed E-state index contributed by atoms with van der Waals surface area (Å²) in [5, 5.41) is 18.0. The maximum atomic E-state index is 10.3. The second kappa shape index (κ2) is 7.96. The summed E-state index contributed by atoms with van der Waals surface area (Å²) in [4.78, 5) is 0. The van der Waals surface area contributed by atoms with Crippen molar-refractivity contribution in [2.75, 3.05) is 0 Å². The topological polar surface area (TPSA) is 50.1 Å². The lowest BCUT2D eigenvalue weighted by Crippen LogP contribution is -2.43. The Morgan fingerprint density at radius 2 is 1.95 bits per heavy atom. The third-order valence-electron chi connectivity index (χ3n) is 3.76. The van der Waals surface area contributed by atoms with Crippen LogP contribution >= 0.6 is 0 Å². The molecule has 114 valence electrons. The van der Waals surface area contributed by atoms with E-state index in [2.05, 4.69) is 29.5 Å². The van der Waals surface area contributed by atoms with Crippen LogP contribution < -0.4 is 5.32 Å². The zero-order valence-corrected chi connectivity index (χ0v) is 12.8. The van der Waals surface area contributed by atoms with Crippen molar-refractivity contribution in [1.82, 2.24) is 15.1 Å². The number of aryl methyl sites for hydroxylation is 1. The number of rotatable bonds is 8. The van der Waals surface area contributed by atoms with Crippen molar-refractivity contribution < 1.29 is 5.11 Å². The number of hydrogen-bond acceptors (Lipinski definition) is 3. The molecule has 0 aliphatic carbocycles. The van der Waals surface area contributed by atoms with Gasteiger partial charge in [-0.3, -0.25) is 4.68 Å². The Bertz CT molecular complexity index is 498. The summed E-state index contributed by atoms with van der Waals surface area (Å²) in [6.45, 7) is 5.08. The van der Waals surface area contributed by atoms with Gasteiger partial charge in [-0.2, -0.15) is 5.10 Å². The Kier molecular flexibility index (Phi) is 5.96. The Labute approximate surface area is 126 Å². The van der Waals surface area contributed by atoms with E-state index in [9.17, 15) is 5.11 Å². The van der Waals surface area contributed by atoms with Crippen LogP contribution in [-0.2, 0) is 13.0 Å². The third kappa shape index (κ3) is 5.33. The molecule has 1 aromatic carbocycles. The molecule has 0 fully saturated rings. The van der Waals surface area contributed by atoms with Crippen LogP contribution in [0.1, 0.15) is 25.8 Å². The molecular formula is C17H25N3O. The molecule has 0 spiro atoms. The summed E-state index contributed by atoms with van der Waals surface area (Å²) >= 11 is 0. The highest BCUT2D eigenvalue weighted by atomic mass is 16.3. The molecule has 2 aromatic rings. The number of nitrogens with one attached hydrogen (secondary N) is 1. The van der Waals surface area contributed by atoms with E-state index < -0.39 is 0 Å². The van der Waals surface area contributed by atoms with Crippen LogP contribution in [-0.4, -0.2) is 33.1 Å². The highest BCUT2D eigenvalue weighted by Gasteiger charge is 2.16. The molecule has 3 unspecified atom stereocenters. The van der Waals surface area contributed by atoms with E-state index in [1.54, 1.807) is 6.20 Å². The van der Waals surface area contributed by atoms with Gasteiger partial charge < -0.3 is 10.4 Å². The third-order valence-corrected chi connectivity index (χ3v) is 3.76. The van der Waals surface area contributed by atoms with Gasteiger partial charge in [-0.1, -0.05) is 30.3 Å². The minimum Gasteiger partial charge on any atom is -0.391 e. The lowest BCUT2D eigenvalue weighted by molar-refractivity contribution is 0.128. The molecule has 2 N–H and O–H groups in total. The molecule has 3 atom stereocenters. The highest BCUT2D eigenvalue weighted by Crippen LogP contribution is 2.07. The lowest BCUT2D eigenvalue weighted by atomic mass is 10.0. The average Bonchev–Trinajstić information content (AvgIpc) is 2.99. The SMILES string of the molecule is CC(CCn1cccn1)NC(C)C(O)Cc1ccccc1. The van der Waals surface area contributed by atoms with E-state index >= 15 is 0 Å². The molecule has 0 radical (unpaired) electrons. The van der Waals surface area contributed by atoms with Gasteiger partial charge in [0.2, 0.25) is 0 Å². The van der Waals surface area contributed by atoms with Crippen LogP contribution in [0.15, 0.2) is 48.8 Å². The first-order valence-electron chi connectivity index (χ1n) is 7.60. The zero-order chi connectivity index (χ0) is 15.1. The Balaban J connectivity index is 1.73. The number of aliphatic hydroxyl groups excluding tert-OH is 1. The van der Waals surface area contributed by atoms with Crippen molar-refractivity contribution in [2.45, 2.75) is 51.4 Å². The molecule has 21 heavy (non-hydrogen) atoms. The molecule has 1 heterocycles. The van der Waals surface area contributed by atoms with Crippen LogP contribution in [0.25, 0.3) is 0 Å². The molecule has 0 saturated heterocycles. The van der Waals surface area contributed by atoms with Crippen LogP contribution in [0.4, 0.5) is 0 Å². The summed E-state index contributed by atoms with van der Waals surface area (Å²) in [5.74, 6) is 0. The summed E-state index contributed by atoms with van der Waals surface area (Å²) in [7, 11) is 0. The summed E-state index contributed by atoms with van der Waals surface area (Å²) in [6.07, 6.45) is 5.06. The Hall–Kier alpha value is -1.65. The molecule has 2 rings (SSSR count). The summed E-state index contributed by atoms with van der Waals surface area (Å²) < 4.78 is 1.93. The number of benzene rings is 1. The average molecular weight is 287 g/mol. The first-order chi connectivity index (χ1) is 10.1. The summed E-state index contributed by atoms with van der Waals surface area (Å²) in [6, 6.07) is 12.5. The van der Waals surface area contributed by atoms with Crippen molar-refractivity contribution >= 4 is 0 Å². The van der Waals surface area contributed by atoms with Gasteiger partial charge in [-0.15, -0.1) is 0 Å². The predicted molar refractivity (Wildman–Crippen MR) is 85.1 cm³/mol. The van der Waals surface area contributed by atoms with Crippen LogP contribution in [0, 0.1) is 0 Å². The van der Waals surface area contributed by atoms with Crippen LogP contribution in [0.5, 0.6) is 0 Å². The zero-order valence-electron chi connectivity index (χ0n) is 12.8. The van der Waals surface area contributed by atoms with Gasteiger partial charge in [0.15, 0.2) is 0 Å². The first-order valence-corrected chi connectivity index (χ1v) is 7.60. The fourth-order valence-corrected chi connectivity index (χ4v) is 2.43. The predicted octanol–water partition coefficient (Wildman–Crippen LogP) is 2.24. The van der Waals surface area contributed by atoms with Crippen LogP contribution in [0.2, 0.25) is 0 Å². The molecule has 0 saturated carbocycles. The van der Waals surface area contributed by atoms with Crippen molar-refractivity contribution in [3.05, 3.63) is 54.4 Å². The fourth-order valence-electron chi connectivity index (χ4n) is 2.43. The smallest absolute Gasteiger partial charge is 0.0730 e. The van der Waals surface area contributed by atoms with E-state index in [0.29, 0.717) is 12.5 Å². The Morgan fingerprint density at radius 1 is 1.19 bits per heavy atom. The van der Waals surface area contributed by atoms with Crippen molar-refractivity contribution in [1.29, 1.82) is 0 Å². The highest BCUT2D eigenvalue weighted by molar-refractivity contribution is 5.15. The number of nitrogens with zero attached hydrogens (tertiary/aromatic N) is 2. The largest absolute Gasteiger partial charge is 0.391 e. The molecule has 4 heteroatoms. The molecule has 0 bridgehead atoms. The fraction of sp³-hybridized carbons (Fsp3) is 0.471. The van der Waals surface area contributed by atoms with Crippen molar-refractivity contribution in [2.24, 2.45) is 0 Å². The molecule has 1 aromatic heterocycles. The van der Waals surface area contributed by atoms with Gasteiger partial charge in [0.25, 0.3) is 0 Å². The van der Waals surface area contributed by atoms with E-state index in [4.69, 9.17) is 0 Å². The maximum Gasteiger partial charge on any atom is 0.0730 e. The Morgan fingerprint density at radius 3 is 2.62 bits per heavy atom. The van der Waals surface area contributed by atoms with Gasteiger partial charge >= 0.3 is 0 Å². The van der Waals surface area contributed by atoms with Gasteiger partial charge in [0.1, 0.15) is 0 Å². The van der Waals surface area contributed by atoms with Crippen molar-refractivity contribution in [3.8, 4) is 0 Å². The second-order valence-electron chi connectivity index (χ2n) is 5.67.